The highest BCUT2D eigenvalue weighted by Gasteiger charge is 2.27. The molecule has 0 radical (unpaired) electrons. The van der Waals surface area contributed by atoms with E-state index in [2.05, 4.69) is 11.2 Å². The van der Waals surface area contributed by atoms with Crippen molar-refractivity contribution in [3.8, 4) is 11.8 Å². The molecule has 0 bridgehead atoms. The fourth-order valence-electron chi connectivity index (χ4n) is 3.69. The molecule has 164 valence electrons. The number of aromatic nitrogens is 2. The fraction of sp³-hybridized carbons (Fsp3) is 0.292. The number of benzene rings is 2. The molecule has 8 heteroatoms. The van der Waals surface area contributed by atoms with Gasteiger partial charge in [-0.05, 0) is 30.7 Å². The molecule has 2 aromatic carbocycles. The molecule has 2 heterocycles. The molecule has 0 aliphatic carbocycles. The molecule has 1 aliphatic heterocycles. The van der Waals surface area contributed by atoms with Crippen LogP contribution in [-0.4, -0.2) is 46.8 Å². The minimum atomic E-state index is -0.0502. The van der Waals surface area contributed by atoms with Gasteiger partial charge in [-0.25, -0.2) is 0 Å². The van der Waals surface area contributed by atoms with Crippen molar-refractivity contribution in [3.63, 3.8) is 0 Å². The quantitative estimate of drug-likeness (QED) is 0.515. The molecule has 0 atom stereocenters. The number of anilines is 1. The molecule has 7 nitrogen and oxygen atoms in total. The van der Waals surface area contributed by atoms with Gasteiger partial charge in [0.1, 0.15) is 12.4 Å². The molecule has 0 N–H and O–H groups in total. The van der Waals surface area contributed by atoms with E-state index in [1.54, 1.807) is 4.90 Å². The van der Waals surface area contributed by atoms with Gasteiger partial charge in [0.2, 0.25) is 5.91 Å². The third-order valence-electron chi connectivity index (χ3n) is 5.42. The molecule has 3 aromatic rings. The first-order chi connectivity index (χ1) is 15.5. The number of piperazine rings is 1. The number of ether oxygens (including phenoxy) is 1. The van der Waals surface area contributed by atoms with Gasteiger partial charge in [0.15, 0.2) is 5.82 Å². The molecule has 1 aromatic heterocycles. The monoisotopic (exact) mass is 449 g/mol. The second kappa shape index (κ2) is 9.86. The second-order valence-electron chi connectivity index (χ2n) is 7.74. The molecule has 1 amide bonds. The Hall–Kier alpha value is -3.34. The van der Waals surface area contributed by atoms with Gasteiger partial charge in [0.25, 0.3) is 0 Å². The lowest BCUT2D eigenvalue weighted by Crippen LogP contribution is -2.50. The van der Waals surface area contributed by atoms with Crippen molar-refractivity contribution in [3.05, 3.63) is 76.4 Å². The van der Waals surface area contributed by atoms with Crippen molar-refractivity contribution in [2.24, 2.45) is 0 Å². The van der Waals surface area contributed by atoms with E-state index in [9.17, 15) is 4.79 Å². The van der Waals surface area contributed by atoms with Gasteiger partial charge in [-0.1, -0.05) is 41.9 Å². The second-order valence-corrected chi connectivity index (χ2v) is 8.18. The molecule has 1 fully saturated rings. The maximum atomic E-state index is 12.6. The molecule has 4 rings (SSSR count). The Labute approximate surface area is 192 Å². The Balaban J connectivity index is 1.50. The van der Waals surface area contributed by atoms with E-state index in [0.717, 1.165) is 22.6 Å². The molecule has 1 saturated heterocycles. The summed E-state index contributed by atoms with van der Waals surface area (Å²) in [7, 11) is 0. The number of aryl methyl sites for hydroxylation is 1. The van der Waals surface area contributed by atoms with Gasteiger partial charge in [-0.15, -0.1) is 0 Å². The molecule has 0 spiro atoms. The molecule has 1 aliphatic rings. The summed E-state index contributed by atoms with van der Waals surface area (Å²) < 4.78 is 7.92. The van der Waals surface area contributed by atoms with E-state index in [1.165, 1.54) is 0 Å². The lowest BCUT2D eigenvalue weighted by Gasteiger charge is -2.31. The summed E-state index contributed by atoms with van der Waals surface area (Å²) in [5, 5.41) is 14.2. The molecule has 32 heavy (non-hydrogen) atoms. The minimum Gasteiger partial charge on any atom is -0.489 e. The summed E-state index contributed by atoms with van der Waals surface area (Å²) in [4.78, 5) is 16.1. The maximum absolute atomic E-state index is 12.6. The van der Waals surface area contributed by atoms with E-state index in [-0.39, 0.29) is 19.0 Å². The third kappa shape index (κ3) is 5.10. The molecular weight excluding hydrogens is 426 g/mol. The van der Waals surface area contributed by atoms with Crippen molar-refractivity contribution >= 4 is 23.3 Å². The van der Waals surface area contributed by atoms with Crippen LogP contribution in [0.5, 0.6) is 5.75 Å². The maximum Gasteiger partial charge on any atom is 0.242 e. The van der Waals surface area contributed by atoms with Crippen LogP contribution in [-0.2, 0) is 17.9 Å². The van der Waals surface area contributed by atoms with Crippen molar-refractivity contribution in [2.75, 3.05) is 31.1 Å². The SMILES string of the molecule is Cc1cc(N2CCN(CC#N)CC2=O)nn1Cc1cc(Cl)ccc1OCc1ccccc1. The highest BCUT2D eigenvalue weighted by Crippen LogP contribution is 2.26. The van der Waals surface area contributed by atoms with E-state index < -0.39 is 0 Å². The zero-order chi connectivity index (χ0) is 22.5. The third-order valence-corrected chi connectivity index (χ3v) is 5.65. The van der Waals surface area contributed by atoms with E-state index in [0.29, 0.717) is 37.1 Å². The predicted molar refractivity (Wildman–Crippen MR) is 123 cm³/mol. The van der Waals surface area contributed by atoms with Crippen LogP contribution in [0.25, 0.3) is 0 Å². The van der Waals surface area contributed by atoms with Crippen LogP contribution in [0.2, 0.25) is 5.02 Å². The number of hydrogen-bond acceptors (Lipinski definition) is 5. The smallest absolute Gasteiger partial charge is 0.242 e. The number of hydrogen-bond donors (Lipinski definition) is 0. The largest absolute Gasteiger partial charge is 0.489 e. The van der Waals surface area contributed by atoms with Gasteiger partial charge >= 0.3 is 0 Å². The highest BCUT2D eigenvalue weighted by atomic mass is 35.5. The first-order valence-electron chi connectivity index (χ1n) is 10.4. The van der Waals surface area contributed by atoms with Crippen LogP contribution < -0.4 is 9.64 Å². The first-order valence-corrected chi connectivity index (χ1v) is 10.8. The zero-order valence-electron chi connectivity index (χ0n) is 17.9. The van der Waals surface area contributed by atoms with Crippen molar-refractivity contribution in [1.82, 2.24) is 14.7 Å². The topological polar surface area (TPSA) is 74.4 Å². The van der Waals surface area contributed by atoms with E-state index in [4.69, 9.17) is 21.6 Å². The minimum absolute atomic E-state index is 0.0502. The van der Waals surface area contributed by atoms with Crippen molar-refractivity contribution < 1.29 is 9.53 Å². The van der Waals surface area contributed by atoms with Crippen molar-refractivity contribution in [2.45, 2.75) is 20.1 Å². The Morgan fingerprint density at radius 1 is 1.16 bits per heavy atom. The molecule has 0 unspecified atom stereocenters. The van der Waals surface area contributed by atoms with Gasteiger partial charge in [-0.3, -0.25) is 19.3 Å². The summed E-state index contributed by atoms with van der Waals surface area (Å²) >= 11 is 6.26. The van der Waals surface area contributed by atoms with Gasteiger partial charge in [0.05, 0.1) is 25.7 Å². The Kier molecular flexibility index (Phi) is 6.74. The van der Waals surface area contributed by atoms with E-state index in [1.807, 2.05) is 71.1 Å². The summed E-state index contributed by atoms with van der Waals surface area (Å²) in [6.07, 6.45) is 0. The Morgan fingerprint density at radius 3 is 2.72 bits per heavy atom. The first kappa shape index (κ1) is 21.9. The number of carbonyl (C=O) groups is 1. The summed E-state index contributed by atoms with van der Waals surface area (Å²) in [6.45, 7) is 4.54. The number of nitriles is 1. The lowest BCUT2D eigenvalue weighted by molar-refractivity contribution is -0.121. The number of rotatable bonds is 7. The van der Waals surface area contributed by atoms with Gasteiger partial charge in [-0.2, -0.15) is 10.4 Å². The average molecular weight is 450 g/mol. The fourth-order valence-corrected chi connectivity index (χ4v) is 3.89. The molecule has 0 saturated carbocycles. The van der Waals surface area contributed by atoms with Crippen molar-refractivity contribution in [1.29, 1.82) is 5.26 Å². The Bertz CT molecular complexity index is 1140. The average Bonchev–Trinajstić information content (AvgIpc) is 3.14. The summed E-state index contributed by atoms with van der Waals surface area (Å²) in [6, 6.07) is 19.6. The number of amides is 1. The van der Waals surface area contributed by atoms with Crippen LogP contribution in [0, 0.1) is 18.3 Å². The van der Waals surface area contributed by atoms with Gasteiger partial charge in [0, 0.05) is 35.4 Å². The van der Waals surface area contributed by atoms with Crippen LogP contribution in [0.4, 0.5) is 5.82 Å². The lowest BCUT2D eigenvalue weighted by atomic mass is 10.2. The molecular formula is C24H24ClN5O2. The van der Waals surface area contributed by atoms with Gasteiger partial charge < -0.3 is 4.74 Å². The van der Waals surface area contributed by atoms with E-state index >= 15 is 0 Å². The number of halogens is 1. The summed E-state index contributed by atoms with van der Waals surface area (Å²) in [5.41, 5.74) is 2.93. The van der Waals surface area contributed by atoms with Crippen LogP contribution in [0.3, 0.4) is 0 Å². The predicted octanol–water partition coefficient (Wildman–Crippen LogP) is 3.64. The van der Waals surface area contributed by atoms with Crippen LogP contribution in [0.1, 0.15) is 16.8 Å². The number of carbonyl (C=O) groups excluding carboxylic acids is 1. The number of nitrogens with zero attached hydrogens (tertiary/aromatic N) is 5. The standard InChI is InChI=1S/C24H24ClN5O2/c1-18-13-23(29-12-11-28(10-9-26)16-24(29)31)27-30(18)15-20-14-21(25)7-8-22(20)32-17-19-5-3-2-4-6-19/h2-8,13-14H,10-12,15-17H2,1H3. The van der Waals surface area contributed by atoms with Crippen LogP contribution >= 0.6 is 11.6 Å². The highest BCUT2D eigenvalue weighted by molar-refractivity contribution is 6.30. The Morgan fingerprint density at radius 2 is 1.97 bits per heavy atom. The normalized spacial score (nSPS) is 14.4. The van der Waals surface area contributed by atoms with Crippen LogP contribution in [0.15, 0.2) is 54.6 Å². The summed E-state index contributed by atoms with van der Waals surface area (Å²) in [5.74, 6) is 1.32. The zero-order valence-corrected chi connectivity index (χ0v) is 18.6.